The quantitative estimate of drug-likeness (QED) is 0.321. The molecule has 0 aliphatic carbocycles. The molecular weight excluding hydrogens is 496 g/mol. The lowest BCUT2D eigenvalue weighted by Gasteiger charge is -2.25. The lowest BCUT2D eigenvalue weighted by Crippen LogP contribution is -2.41. The highest BCUT2D eigenvalue weighted by Crippen LogP contribution is 2.28. The fourth-order valence-corrected chi connectivity index (χ4v) is 4.91. The molecule has 3 N–H and O–H groups in total. The average Bonchev–Trinajstić information content (AvgIpc) is 2.81. The van der Waals surface area contributed by atoms with Crippen LogP contribution in [0, 0.1) is 12.8 Å². The van der Waals surface area contributed by atoms with Crippen molar-refractivity contribution in [2.24, 2.45) is 16.6 Å². The second-order valence-electron chi connectivity index (χ2n) is 9.31. The van der Waals surface area contributed by atoms with E-state index >= 15 is 0 Å². The first kappa shape index (κ1) is 29.5. The first-order chi connectivity index (χ1) is 16.9. The summed E-state index contributed by atoms with van der Waals surface area (Å²) in [5.41, 5.74) is 10.2. The zero-order valence-electron chi connectivity index (χ0n) is 21.7. The van der Waals surface area contributed by atoms with Gasteiger partial charge in [-0.2, -0.15) is 0 Å². The molecule has 0 atom stereocenters. The van der Waals surface area contributed by atoms with Gasteiger partial charge in [0.05, 0.1) is 18.0 Å². The molecule has 9 heteroatoms. The first-order valence-electron chi connectivity index (χ1n) is 12.0. The number of aryl methyl sites for hydroxylation is 1. The van der Waals surface area contributed by atoms with Crippen molar-refractivity contribution < 1.29 is 13.2 Å². The molecule has 2 aromatic carbocycles. The van der Waals surface area contributed by atoms with Crippen LogP contribution >= 0.6 is 11.6 Å². The van der Waals surface area contributed by atoms with Crippen molar-refractivity contribution in [1.29, 1.82) is 0 Å². The summed E-state index contributed by atoms with van der Waals surface area (Å²) in [6.45, 7) is 10.4. The Bertz CT molecular complexity index is 1210. The van der Waals surface area contributed by atoms with Gasteiger partial charge in [0.25, 0.3) is 0 Å². The Labute approximate surface area is 220 Å². The smallest absolute Gasteiger partial charge is 0.247 e. The number of sulfonamides is 1. The number of carbonyl (C=O) groups excluding carboxylic acids is 1. The lowest BCUT2D eigenvalue weighted by molar-refractivity contribution is -0.118. The minimum absolute atomic E-state index is 0.146. The van der Waals surface area contributed by atoms with Crippen LogP contribution in [0.3, 0.4) is 0 Å². The van der Waals surface area contributed by atoms with Crippen LogP contribution < -0.4 is 10.5 Å². The Hall–Kier alpha value is -2.68. The molecule has 36 heavy (non-hydrogen) atoms. The monoisotopic (exact) mass is 532 g/mol. The molecule has 0 fully saturated rings. The molecule has 0 radical (unpaired) electrons. The van der Waals surface area contributed by atoms with Crippen molar-refractivity contribution in [1.82, 2.24) is 9.62 Å². The molecule has 7 nitrogen and oxygen atoms in total. The summed E-state index contributed by atoms with van der Waals surface area (Å²) in [6, 6.07) is 15.6. The zero-order chi connectivity index (χ0) is 26.9. The number of allylic oxidation sites excluding steroid dienone is 1. The van der Waals surface area contributed by atoms with E-state index in [1.165, 1.54) is 0 Å². The third kappa shape index (κ3) is 9.41. The summed E-state index contributed by atoms with van der Waals surface area (Å²) in [7, 11) is -3.84. The zero-order valence-corrected chi connectivity index (χ0v) is 23.3. The van der Waals surface area contributed by atoms with Gasteiger partial charge in [-0.05, 0) is 61.9 Å². The third-order valence-corrected chi connectivity index (χ3v) is 7.27. The molecule has 196 valence electrons. The highest BCUT2D eigenvalue weighted by molar-refractivity contribution is 7.90. The van der Waals surface area contributed by atoms with Crippen LogP contribution in [0.4, 0.5) is 0 Å². The number of nitrogens with one attached hydrogen (secondary N) is 1. The van der Waals surface area contributed by atoms with E-state index in [9.17, 15) is 13.2 Å². The number of hydrogen-bond donors (Lipinski definition) is 2. The Kier molecular flexibility index (Phi) is 11.1. The predicted molar refractivity (Wildman–Crippen MR) is 149 cm³/mol. The summed E-state index contributed by atoms with van der Waals surface area (Å²) < 4.78 is 26.9. The molecule has 0 aliphatic heterocycles. The number of nitrogens with two attached hydrogens (primary N) is 1. The molecule has 0 heterocycles. The van der Waals surface area contributed by atoms with Gasteiger partial charge in [0.2, 0.25) is 15.9 Å². The van der Waals surface area contributed by atoms with E-state index < -0.39 is 22.5 Å². The number of nitrogens with zero attached hydrogens (tertiary/aromatic N) is 2. The van der Waals surface area contributed by atoms with E-state index in [1.807, 2.05) is 72.0 Å². The molecular formula is C27H37ClN4O3S. The van der Waals surface area contributed by atoms with Crippen LogP contribution in [0.25, 0.3) is 5.70 Å². The molecule has 2 rings (SSSR count). The number of halogens is 1. The fraction of sp³-hybridized carbons (Fsp3) is 0.407. The SMILES string of the molecule is CC(=N/C(=C(\C)CC(C)C)c1ccc(Cl)c(C)c1)N(CCS(=O)(=O)NC(=O)CN)Cc1ccccc1. The van der Waals surface area contributed by atoms with E-state index in [0.717, 1.165) is 34.4 Å². The second kappa shape index (κ2) is 13.6. The Morgan fingerprint density at radius 1 is 1.14 bits per heavy atom. The maximum atomic E-state index is 12.4. The number of rotatable bonds is 11. The van der Waals surface area contributed by atoms with E-state index in [0.29, 0.717) is 23.3 Å². The van der Waals surface area contributed by atoms with Crippen molar-refractivity contribution in [2.45, 2.75) is 47.6 Å². The molecule has 1 amide bonds. The third-order valence-electron chi connectivity index (χ3n) is 5.58. The van der Waals surface area contributed by atoms with Gasteiger partial charge in [-0.25, -0.2) is 13.4 Å². The molecule has 0 aliphatic rings. The maximum Gasteiger partial charge on any atom is 0.247 e. The number of benzene rings is 2. The van der Waals surface area contributed by atoms with Gasteiger partial charge < -0.3 is 10.6 Å². The van der Waals surface area contributed by atoms with Gasteiger partial charge in [-0.3, -0.25) is 9.52 Å². The van der Waals surface area contributed by atoms with Crippen LogP contribution in [0.15, 0.2) is 59.1 Å². The summed E-state index contributed by atoms with van der Waals surface area (Å²) in [5, 5.41) is 0.691. The minimum Gasteiger partial charge on any atom is -0.355 e. The standard InChI is InChI=1S/C27H37ClN4O3S/c1-19(2)15-21(4)27(24-11-12-25(28)20(3)16-24)30-22(5)32(18-23-9-7-6-8-10-23)13-14-36(34,35)31-26(33)17-29/h6-12,16,19H,13-15,17-18,29H2,1-5H3,(H,31,33)/b27-21+,30-22?. The van der Waals surface area contributed by atoms with Gasteiger partial charge in [0.1, 0.15) is 5.84 Å². The lowest BCUT2D eigenvalue weighted by atomic mass is 9.98. The predicted octanol–water partition coefficient (Wildman–Crippen LogP) is 4.75. The number of hydrogen-bond acceptors (Lipinski definition) is 5. The van der Waals surface area contributed by atoms with Gasteiger partial charge >= 0.3 is 0 Å². The summed E-state index contributed by atoms with van der Waals surface area (Å²) >= 11 is 6.27. The van der Waals surface area contributed by atoms with Crippen molar-refractivity contribution in [3.63, 3.8) is 0 Å². The second-order valence-corrected chi connectivity index (χ2v) is 11.6. The summed E-state index contributed by atoms with van der Waals surface area (Å²) in [5.74, 6) is 0.107. The first-order valence-corrected chi connectivity index (χ1v) is 14.0. The molecule has 0 spiro atoms. The highest BCUT2D eigenvalue weighted by Gasteiger charge is 2.18. The number of amidine groups is 1. The van der Waals surface area contributed by atoms with Crippen molar-refractivity contribution in [3.05, 3.63) is 75.8 Å². The number of carbonyl (C=O) groups is 1. The molecule has 0 unspecified atom stereocenters. The largest absolute Gasteiger partial charge is 0.355 e. The van der Waals surface area contributed by atoms with Crippen LogP contribution in [-0.2, 0) is 21.4 Å². The number of aliphatic imine (C=N–C) groups is 1. The van der Waals surface area contributed by atoms with Crippen LogP contribution in [0.1, 0.15) is 50.8 Å². The highest BCUT2D eigenvalue weighted by atomic mass is 35.5. The van der Waals surface area contributed by atoms with Gasteiger partial charge in [-0.15, -0.1) is 0 Å². The topological polar surface area (TPSA) is 105 Å². The average molecular weight is 533 g/mol. The Morgan fingerprint density at radius 2 is 1.81 bits per heavy atom. The van der Waals surface area contributed by atoms with Gasteiger partial charge in [0, 0.05) is 23.7 Å². The maximum absolute atomic E-state index is 12.4. The normalized spacial score (nSPS) is 12.9. The van der Waals surface area contributed by atoms with Gasteiger partial charge in [-0.1, -0.05) is 61.8 Å². The Balaban J connectivity index is 2.47. The minimum atomic E-state index is -3.84. The molecule has 2 aromatic rings. The van der Waals surface area contributed by atoms with E-state index in [4.69, 9.17) is 22.3 Å². The molecule has 0 aromatic heterocycles. The van der Waals surface area contributed by atoms with Gasteiger partial charge in [0.15, 0.2) is 0 Å². The molecule has 0 saturated heterocycles. The summed E-state index contributed by atoms with van der Waals surface area (Å²) in [6.07, 6.45) is 0.867. The van der Waals surface area contributed by atoms with E-state index in [-0.39, 0.29) is 12.3 Å². The van der Waals surface area contributed by atoms with Crippen LogP contribution in [-0.4, -0.2) is 43.9 Å². The van der Waals surface area contributed by atoms with Crippen molar-refractivity contribution in [3.8, 4) is 0 Å². The van der Waals surface area contributed by atoms with Crippen LogP contribution in [0.2, 0.25) is 5.02 Å². The fourth-order valence-electron chi connectivity index (χ4n) is 3.80. The Morgan fingerprint density at radius 3 is 2.39 bits per heavy atom. The van der Waals surface area contributed by atoms with E-state index in [2.05, 4.69) is 20.8 Å². The summed E-state index contributed by atoms with van der Waals surface area (Å²) in [4.78, 5) is 18.5. The molecule has 0 bridgehead atoms. The molecule has 0 saturated carbocycles. The van der Waals surface area contributed by atoms with Crippen molar-refractivity contribution >= 4 is 39.1 Å². The number of amides is 1. The van der Waals surface area contributed by atoms with Crippen molar-refractivity contribution in [2.75, 3.05) is 18.8 Å². The van der Waals surface area contributed by atoms with E-state index in [1.54, 1.807) is 0 Å². The van der Waals surface area contributed by atoms with Crippen LogP contribution in [0.5, 0.6) is 0 Å².